The quantitative estimate of drug-likeness (QED) is 0.416. The molecule has 0 saturated heterocycles. The number of benzene rings is 2. The Morgan fingerprint density at radius 2 is 1.96 bits per heavy atom. The monoisotopic (exact) mass is 449 g/mol. The zero-order chi connectivity index (χ0) is 17.9. The number of aliphatic hydroxyl groups excluding tert-OH is 1. The van der Waals surface area contributed by atoms with Crippen molar-refractivity contribution in [3.05, 3.63) is 63.3 Å². The van der Waals surface area contributed by atoms with Crippen LogP contribution in [0.25, 0.3) is 0 Å². The van der Waals surface area contributed by atoms with E-state index in [4.69, 9.17) is 16.9 Å². The van der Waals surface area contributed by atoms with Crippen LogP contribution >= 0.6 is 22.6 Å². The first kappa shape index (κ1) is 18.7. The van der Waals surface area contributed by atoms with Gasteiger partial charge in [0.15, 0.2) is 17.9 Å². The van der Waals surface area contributed by atoms with Gasteiger partial charge in [-0.05, 0) is 52.4 Å². The Morgan fingerprint density at radius 1 is 1.25 bits per heavy atom. The summed E-state index contributed by atoms with van der Waals surface area (Å²) in [7, 11) is 0. The number of carbonyl (C=O) groups is 1. The third-order valence-corrected chi connectivity index (χ3v) is 3.68. The van der Waals surface area contributed by atoms with Crippen LogP contribution in [0.4, 0.5) is 24.5 Å². The molecule has 8 heteroatoms. The Kier molecular flexibility index (Phi) is 6.19. The zero-order valence-electron chi connectivity index (χ0n) is 12.1. The van der Waals surface area contributed by atoms with Crippen molar-refractivity contribution in [3.8, 4) is 0 Å². The summed E-state index contributed by atoms with van der Waals surface area (Å²) in [6.45, 7) is 4.92. The third-order valence-electron chi connectivity index (χ3n) is 3.01. The van der Waals surface area contributed by atoms with E-state index in [1.165, 1.54) is 12.1 Å². The van der Waals surface area contributed by atoms with Crippen molar-refractivity contribution in [1.29, 1.82) is 0 Å². The fourth-order valence-corrected chi connectivity index (χ4v) is 2.43. The van der Waals surface area contributed by atoms with Gasteiger partial charge in [0, 0.05) is 10.5 Å². The van der Waals surface area contributed by atoms with Crippen molar-refractivity contribution in [2.24, 2.45) is 0 Å². The van der Waals surface area contributed by atoms with Gasteiger partial charge < -0.3 is 5.11 Å². The Bertz CT molecular complexity index is 771. The van der Waals surface area contributed by atoms with Crippen molar-refractivity contribution < 1.29 is 27.9 Å². The van der Waals surface area contributed by atoms with Crippen LogP contribution in [0.5, 0.6) is 0 Å². The predicted octanol–water partition coefficient (Wildman–Crippen LogP) is 3.64. The Balaban J connectivity index is 2.65. The van der Waals surface area contributed by atoms with E-state index in [0.29, 0.717) is 8.63 Å². The van der Waals surface area contributed by atoms with Crippen LogP contribution in [0.2, 0.25) is 0 Å². The van der Waals surface area contributed by atoms with Crippen molar-refractivity contribution in [2.45, 2.75) is 0 Å². The highest BCUT2D eigenvalue weighted by molar-refractivity contribution is 14.1. The molecule has 126 valence electrons. The molecule has 0 aliphatic rings. The summed E-state index contributed by atoms with van der Waals surface area (Å²) in [5.41, 5.74) is -1.72. The number of rotatable bonds is 6. The molecule has 0 aromatic heterocycles. The summed E-state index contributed by atoms with van der Waals surface area (Å²) in [4.78, 5) is 15.9. The first-order valence-electron chi connectivity index (χ1n) is 6.62. The summed E-state index contributed by atoms with van der Waals surface area (Å²) in [5.74, 6) is -3.66. The molecule has 1 N–H and O–H groups in total. The molecule has 0 atom stereocenters. The largest absolute Gasteiger partial charge is 0.394 e. The number of hydrogen-bond donors (Lipinski definition) is 1. The van der Waals surface area contributed by atoms with Gasteiger partial charge in [-0.15, -0.1) is 0 Å². The molecule has 2 radical (unpaired) electrons. The molecule has 0 amide bonds. The maximum atomic E-state index is 14.4. The Labute approximate surface area is 149 Å². The van der Waals surface area contributed by atoms with Crippen molar-refractivity contribution in [3.63, 3.8) is 0 Å². The molecule has 0 bridgehead atoms. The second-order valence-corrected chi connectivity index (χ2v) is 5.84. The smallest absolute Gasteiger partial charge is 0.185 e. The number of halogens is 4. The molecule has 4 nitrogen and oxygen atoms in total. The summed E-state index contributed by atoms with van der Waals surface area (Å²) >= 11 is 1.88. The molecule has 2 rings (SSSR count). The number of nitrogens with zero attached hydrogens (tertiary/aromatic N) is 1. The topological polar surface area (TPSA) is 49.8 Å². The van der Waals surface area contributed by atoms with Gasteiger partial charge in [0.1, 0.15) is 17.2 Å². The van der Waals surface area contributed by atoms with E-state index in [0.717, 1.165) is 12.1 Å². The number of carbonyl (C=O) groups excluding carboxylic acids is 1. The van der Waals surface area contributed by atoms with E-state index in [1.54, 1.807) is 0 Å². The highest BCUT2D eigenvalue weighted by atomic mass is 127. The first-order valence-corrected chi connectivity index (χ1v) is 7.70. The maximum Gasteiger partial charge on any atom is 0.185 e. The summed E-state index contributed by atoms with van der Waals surface area (Å²) in [5, 5.41) is 9.56. The minimum absolute atomic E-state index is 0.114. The van der Waals surface area contributed by atoms with Crippen molar-refractivity contribution in [1.82, 2.24) is 0 Å². The molecule has 2 aromatic rings. The molecular weight excluding hydrogens is 438 g/mol. The molecule has 0 spiro atoms. The lowest BCUT2D eigenvalue weighted by molar-refractivity contribution is 0.0904. The molecule has 0 aliphatic heterocycles. The van der Waals surface area contributed by atoms with E-state index in [1.807, 2.05) is 22.6 Å². The highest BCUT2D eigenvalue weighted by Gasteiger charge is 2.25. The van der Waals surface area contributed by atoms with Crippen LogP contribution in [0.3, 0.4) is 0 Å². The van der Waals surface area contributed by atoms with Crippen LogP contribution < -0.4 is 5.06 Å². The van der Waals surface area contributed by atoms with Gasteiger partial charge >= 0.3 is 0 Å². The number of anilines is 2. The second-order valence-electron chi connectivity index (χ2n) is 4.60. The minimum Gasteiger partial charge on any atom is -0.394 e. The summed E-state index contributed by atoms with van der Waals surface area (Å²) in [6, 6.07) is 4.90. The van der Waals surface area contributed by atoms with Gasteiger partial charge in [-0.2, -0.15) is 0 Å². The van der Waals surface area contributed by atoms with Crippen LogP contribution in [0.15, 0.2) is 24.3 Å². The average molecular weight is 449 g/mol. The van der Waals surface area contributed by atoms with Crippen LogP contribution in [-0.2, 0) is 4.84 Å². The van der Waals surface area contributed by atoms with E-state index in [-0.39, 0.29) is 24.1 Å². The molecular formula is C16H11F3INO3. The van der Waals surface area contributed by atoms with Gasteiger partial charge in [0.2, 0.25) is 0 Å². The average Bonchev–Trinajstić information content (AvgIpc) is 2.54. The van der Waals surface area contributed by atoms with E-state index >= 15 is 0 Å². The van der Waals surface area contributed by atoms with Crippen LogP contribution in [0.1, 0.15) is 15.9 Å². The first-order chi connectivity index (χ1) is 11.4. The normalized spacial score (nSPS) is 10.8. The lowest BCUT2D eigenvalue weighted by atomic mass is 10.1. The van der Waals surface area contributed by atoms with Crippen LogP contribution in [-0.4, -0.2) is 24.6 Å². The van der Waals surface area contributed by atoms with Crippen molar-refractivity contribution >= 4 is 40.3 Å². The van der Waals surface area contributed by atoms with Crippen LogP contribution in [0, 0.1) is 27.9 Å². The lowest BCUT2D eigenvalue weighted by Gasteiger charge is -2.26. The van der Waals surface area contributed by atoms with E-state index in [9.17, 15) is 18.0 Å². The molecule has 0 aliphatic carbocycles. The highest BCUT2D eigenvalue weighted by Crippen LogP contribution is 2.35. The Morgan fingerprint density at radius 3 is 2.54 bits per heavy atom. The molecule has 0 unspecified atom stereocenters. The van der Waals surface area contributed by atoms with Gasteiger partial charge in [0.05, 0.1) is 18.8 Å². The van der Waals surface area contributed by atoms with E-state index in [2.05, 4.69) is 0 Å². The van der Waals surface area contributed by atoms with E-state index < -0.39 is 35.3 Å². The summed E-state index contributed by atoms with van der Waals surface area (Å²) in [6.07, 6.45) is 0.114. The molecule has 0 fully saturated rings. The van der Waals surface area contributed by atoms with Gasteiger partial charge in [-0.3, -0.25) is 9.63 Å². The SMILES string of the molecule is [CH]c1cc(C=O)c(F)c(F)c1N(OCCO)c1ccc(I)cc1F. The molecule has 24 heavy (non-hydrogen) atoms. The standard InChI is InChI=1S/C16H11F3INO3/c1-9-6-10(8-23)14(18)15(19)16(9)21(24-5-4-22)13-3-2-11(20)7-12(13)17/h1-3,6-8,22H,4-5H2. The van der Waals surface area contributed by atoms with Crippen molar-refractivity contribution in [2.75, 3.05) is 18.3 Å². The third kappa shape index (κ3) is 3.70. The minimum atomic E-state index is -1.46. The number of aldehydes is 1. The summed E-state index contributed by atoms with van der Waals surface area (Å²) < 4.78 is 43.1. The van der Waals surface area contributed by atoms with Gasteiger partial charge in [-0.1, -0.05) is 0 Å². The zero-order valence-corrected chi connectivity index (χ0v) is 14.3. The number of aliphatic hydroxyl groups is 1. The fraction of sp³-hybridized carbons (Fsp3) is 0.125. The predicted molar refractivity (Wildman–Crippen MR) is 89.4 cm³/mol. The van der Waals surface area contributed by atoms with Gasteiger partial charge in [-0.25, -0.2) is 18.2 Å². The molecule has 0 heterocycles. The maximum absolute atomic E-state index is 14.4. The molecule has 2 aromatic carbocycles. The molecule has 0 saturated carbocycles. The van der Waals surface area contributed by atoms with Gasteiger partial charge in [0.25, 0.3) is 0 Å². The Hall–Kier alpha value is -1.65. The lowest BCUT2D eigenvalue weighted by Crippen LogP contribution is -2.23. The fourth-order valence-electron chi connectivity index (χ4n) is 1.98. The second kappa shape index (κ2) is 7.95. The number of hydrogen-bond acceptors (Lipinski definition) is 4.